The van der Waals surface area contributed by atoms with E-state index in [-0.39, 0.29) is 11.9 Å². The molecule has 106 valence electrons. The fraction of sp³-hybridized carbons (Fsp3) is 0.714. The molecule has 1 aromatic rings. The van der Waals surface area contributed by atoms with Crippen molar-refractivity contribution in [1.29, 1.82) is 0 Å². The van der Waals surface area contributed by atoms with E-state index in [2.05, 4.69) is 35.0 Å². The third kappa shape index (κ3) is 2.39. The number of primary amides is 1. The molecule has 2 atom stereocenters. The van der Waals surface area contributed by atoms with Gasteiger partial charge in [-0.25, -0.2) is 0 Å². The Kier molecular flexibility index (Phi) is 3.94. The lowest BCUT2D eigenvalue weighted by atomic mass is 9.97. The predicted octanol–water partition coefficient (Wildman–Crippen LogP) is 1.18. The maximum absolute atomic E-state index is 11.7. The number of amides is 1. The summed E-state index contributed by atoms with van der Waals surface area (Å²) in [4.78, 5) is 11.7. The first-order valence-electron chi connectivity index (χ1n) is 7.12. The van der Waals surface area contributed by atoms with Crippen molar-refractivity contribution in [2.45, 2.75) is 57.5 Å². The quantitative estimate of drug-likeness (QED) is 0.838. The first kappa shape index (κ1) is 14.1. The second-order valence-corrected chi connectivity index (χ2v) is 5.37. The average molecular weight is 264 g/mol. The molecule has 0 aromatic carbocycles. The Morgan fingerprint density at radius 3 is 2.79 bits per heavy atom. The molecule has 5 nitrogen and oxygen atoms in total. The predicted molar refractivity (Wildman–Crippen MR) is 74.9 cm³/mol. The van der Waals surface area contributed by atoms with Crippen molar-refractivity contribution in [3.63, 3.8) is 0 Å². The van der Waals surface area contributed by atoms with Gasteiger partial charge in [0.1, 0.15) is 0 Å². The molecule has 1 amide bonds. The molecule has 0 saturated heterocycles. The van der Waals surface area contributed by atoms with Crippen LogP contribution in [0.4, 0.5) is 0 Å². The highest BCUT2D eigenvalue weighted by Crippen LogP contribution is 2.38. The molecule has 0 aliphatic heterocycles. The van der Waals surface area contributed by atoms with Crippen LogP contribution in [0.25, 0.3) is 0 Å². The zero-order chi connectivity index (χ0) is 14.0. The molecule has 0 spiro atoms. The number of nitrogens with one attached hydrogen (secondary N) is 1. The number of aryl methyl sites for hydroxylation is 2. The average Bonchev–Trinajstić information content (AvgIpc) is 3.02. The smallest absolute Gasteiger partial charge is 0.237 e. The highest BCUT2D eigenvalue weighted by molar-refractivity contribution is 5.85. The summed E-state index contributed by atoms with van der Waals surface area (Å²) in [6.45, 7) is 4.25. The van der Waals surface area contributed by atoms with Gasteiger partial charge >= 0.3 is 0 Å². The molecule has 0 radical (unpaired) electrons. The zero-order valence-electron chi connectivity index (χ0n) is 12.1. The molecule has 2 rings (SSSR count). The van der Waals surface area contributed by atoms with E-state index in [4.69, 9.17) is 5.73 Å². The van der Waals surface area contributed by atoms with Gasteiger partial charge < -0.3 is 11.1 Å². The van der Waals surface area contributed by atoms with Crippen LogP contribution in [-0.4, -0.2) is 28.3 Å². The lowest BCUT2D eigenvalue weighted by Crippen LogP contribution is -2.52. The number of carbonyl (C=O) groups is 1. The second-order valence-electron chi connectivity index (χ2n) is 5.37. The third-order valence-corrected chi connectivity index (χ3v) is 4.37. The van der Waals surface area contributed by atoms with Gasteiger partial charge in [0.2, 0.25) is 5.91 Å². The molecule has 1 aliphatic carbocycles. The van der Waals surface area contributed by atoms with E-state index in [1.54, 1.807) is 0 Å². The Balaban J connectivity index is 2.25. The van der Waals surface area contributed by atoms with Gasteiger partial charge in [-0.2, -0.15) is 5.10 Å². The van der Waals surface area contributed by atoms with Crippen LogP contribution in [0.5, 0.6) is 0 Å². The van der Waals surface area contributed by atoms with E-state index in [1.807, 2.05) is 7.05 Å². The summed E-state index contributed by atoms with van der Waals surface area (Å²) < 4.78 is 2.11. The van der Waals surface area contributed by atoms with Crippen LogP contribution in [-0.2, 0) is 17.6 Å². The normalized spacial score (nSPS) is 26.8. The molecule has 0 bridgehead atoms. The fourth-order valence-electron chi connectivity index (χ4n) is 3.05. The molecule has 1 saturated carbocycles. The van der Waals surface area contributed by atoms with Crippen molar-refractivity contribution in [3.8, 4) is 0 Å². The zero-order valence-corrected chi connectivity index (χ0v) is 12.1. The van der Waals surface area contributed by atoms with Gasteiger partial charge in [-0.05, 0) is 45.2 Å². The molecule has 5 heteroatoms. The van der Waals surface area contributed by atoms with Crippen molar-refractivity contribution < 1.29 is 4.79 Å². The van der Waals surface area contributed by atoms with Crippen LogP contribution in [0.2, 0.25) is 0 Å². The largest absolute Gasteiger partial charge is 0.368 e. The third-order valence-electron chi connectivity index (χ3n) is 4.37. The van der Waals surface area contributed by atoms with Gasteiger partial charge in [-0.15, -0.1) is 0 Å². The van der Waals surface area contributed by atoms with Crippen molar-refractivity contribution >= 4 is 5.91 Å². The van der Waals surface area contributed by atoms with Crippen LogP contribution >= 0.6 is 0 Å². The van der Waals surface area contributed by atoms with E-state index in [0.717, 1.165) is 37.8 Å². The van der Waals surface area contributed by atoms with Gasteiger partial charge in [0, 0.05) is 5.69 Å². The minimum atomic E-state index is -0.562. The number of carbonyl (C=O) groups excluding carboxylic acids is 1. The standard InChI is InChI=1S/C14H24N4O/c1-4-10-8-11(5-2)18(17-10)12-6-7-14(9-12,16-3)13(15)19/h8,12,16H,4-7,9H2,1-3H3,(H2,15,19). The molecular weight excluding hydrogens is 240 g/mol. The number of aromatic nitrogens is 2. The molecular formula is C14H24N4O. The highest BCUT2D eigenvalue weighted by Gasteiger charge is 2.44. The van der Waals surface area contributed by atoms with E-state index < -0.39 is 5.54 Å². The van der Waals surface area contributed by atoms with Crippen LogP contribution in [0.3, 0.4) is 0 Å². The summed E-state index contributed by atoms with van der Waals surface area (Å²) >= 11 is 0. The number of likely N-dealkylation sites (N-methyl/N-ethyl adjacent to an activating group) is 1. The molecule has 19 heavy (non-hydrogen) atoms. The highest BCUT2D eigenvalue weighted by atomic mass is 16.1. The van der Waals surface area contributed by atoms with Gasteiger partial charge in [-0.1, -0.05) is 13.8 Å². The second kappa shape index (κ2) is 5.33. The van der Waals surface area contributed by atoms with Crippen LogP contribution < -0.4 is 11.1 Å². The van der Waals surface area contributed by atoms with Gasteiger partial charge in [0.25, 0.3) is 0 Å². The summed E-state index contributed by atoms with van der Waals surface area (Å²) in [7, 11) is 1.81. The molecule has 1 aromatic heterocycles. The van der Waals surface area contributed by atoms with Crippen LogP contribution in [0, 0.1) is 0 Å². The van der Waals surface area contributed by atoms with Crippen LogP contribution in [0.1, 0.15) is 50.5 Å². The monoisotopic (exact) mass is 264 g/mol. The van der Waals surface area contributed by atoms with E-state index in [1.165, 1.54) is 5.69 Å². The lowest BCUT2D eigenvalue weighted by Gasteiger charge is -2.25. The van der Waals surface area contributed by atoms with Crippen molar-refractivity contribution in [1.82, 2.24) is 15.1 Å². The first-order valence-corrected chi connectivity index (χ1v) is 7.12. The maximum Gasteiger partial charge on any atom is 0.237 e. The van der Waals surface area contributed by atoms with Crippen molar-refractivity contribution in [3.05, 3.63) is 17.5 Å². The molecule has 2 unspecified atom stereocenters. The number of rotatable bonds is 5. The minimum Gasteiger partial charge on any atom is -0.368 e. The Hall–Kier alpha value is -1.36. The summed E-state index contributed by atoms with van der Waals surface area (Å²) in [6.07, 6.45) is 4.37. The first-order chi connectivity index (χ1) is 9.06. The van der Waals surface area contributed by atoms with E-state index >= 15 is 0 Å². The molecule has 1 aliphatic rings. The van der Waals surface area contributed by atoms with Gasteiger partial charge in [-0.3, -0.25) is 9.48 Å². The Labute approximate surface area is 114 Å². The number of hydrogen-bond acceptors (Lipinski definition) is 3. The molecule has 1 heterocycles. The number of nitrogens with zero attached hydrogens (tertiary/aromatic N) is 2. The molecule has 1 fully saturated rings. The Morgan fingerprint density at radius 2 is 2.32 bits per heavy atom. The Bertz CT molecular complexity index is 468. The van der Waals surface area contributed by atoms with Gasteiger partial charge in [0.05, 0.1) is 17.3 Å². The van der Waals surface area contributed by atoms with Crippen molar-refractivity contribution in [2.75, 3.05) is 7.05 Å². The number of nitrogens with two attached hydrogens (primary N) is 1. The summed E-state index contributed by atoms with van der Waals surface area (Å²) in [5.74, 6) is -0.251. The summed E-state index contributed by atoms with van der Waals surface area (Å²) in [5.41, 5.74) is 7.36. The fourth-order valence-corrected chi connectivity index (χ4v) is 3.05. The number of hydrogen-bond donors (Lipinski definition) is 2. The lowest BCUT2D eigenvalue weighted by molar-refractivity contribution is -0.124. The van der Waals surface area contributed by atoms with Gasteiger partial charge in [0.15, 0.2) is 0 Å². The van der Waals surface area contributed by atoms with E-state index in [9.17, 15) is 4.79 Å². The maximum atomic E-state index is 11.7. The minimum absolute atomic E-state index is 0.251. The van der Waals surface area contributed by atoms with E-state index in [0.29, 0.717) is 0 Å². The molecule has 3 N–H and O–H groups in total. The SMILES string of the molecule is CCc1cc(CC)n(C2CCC(NC)(C(N)=O)C2)n1. The summed E-state index contributed by atoms with van der Waals surface area (Å²) in [6, 6.07) is 2.44. The van der Waals surface area contributed by atoms with Crippen molar-refractivity contribution in [2.24, 2.45) is 5.73 Å². The van der Waals surface area contributed by atoms with Crippen LogP contribution in [0.15, 0.2) is 6.07 Å². The topological polar surface area (TPSA) is 72.9 Å². The Morgan fingerprint density at radius 1 is 1.58 bits per heavy atom. The summed E-state index contributed by atoms with van der Waals surface area (Å²) in [5, 5.41) is 7.80.